The number of rotatable bonds is 2. The summed E-state index contributed by atoms with van der Waals surface area (Å²) in [6, 6.07) is 5.50. The fourth-order valence-electron chi connectivity index (χ4n) is 2.69. The van der Waals surface area contributed by atoms with Crippen LogP contribution >= 0.6 is 0 Å². The second-order valence-corrected chi connectivity index (χ2v) is 6.65. The summed E-state index contributed by atoms with van der Waals surface area (Å²) in [6.07, 6.45) is 3.00. The summed E-state index contributed by atoms with van der Waals surface area (Å²) in [6.45, 7) is 1.62. The molecule has 114 valence electrons. The lowest BCUT2D eigenvalue weighted by Crippen LogP contribution is -2.20. The maximum Gasteiger partial charge on any atom is 0.296 e. The first-order chi connectivity index (χ1) is 10.3. The molecule has 7 heteroatoms. The first-order valence-corrected chi connectivity index (χ1v) is 8.05. The highest BCUT2D eigenvalue weighted by molar-refractivity contribution is 7.85. The molecule has 0 unspecified atom stereocenters. The number of benzene rings is 1. The van der Waals surface area contributed by atoms with Gasteiger partial charge < -0.3 is 4.90 Å². The third-order valence-corrected chi connectivity index (χ3v) is 4.88. The van der Waals surface area contributed by atoms with Crippen LogP contribution in [0.5, 0.6) is 0 Å². The van der Waals surface area contributed by atoms with Crippen molar-refractivity contribution in [1.82, 2.24) is 4.98 Å². The molecule has 3 rings (SSSR count). The van der Waals surface area contributed by atoms with Gasteiger partial charge in [0.05, 0.1) is 6.42 Å². The van der Waals surface area contributed by atoms with E-state index in [0.29, 0.717) is 17.5 Å². The Morgan fingerprint density at radius 1 is 1.27 bits per heavy atom. The zero-order valence-electron chi connectivity index (χ0n) is 12.1. The number of anilines is 1. The summed E-state index contributed by atoms with van der Waals surface area (Å²) in [5.74, 6) is 0.0219. The number of amides is 1. The minimum Gasteiger partial charge on any atom is -0.315 e. The second kappa shape index (κ2) is 4.89. The third kappa shape index (κ3) is 2.28. The summed E-state index contributed by atoms with van der Waals surface area (Å²) in [4.78, 5) is 17.0. The van der Waals surface area contributed by atoms with Crippen molar-refractivity contribution < 1.29 is 17.8 Å². The quantitative estimate of drug-likeness (QED) is 0.853. The molecular weight excluding hydrogens is 304 g/mol. The summed E-state index contributed by atoms with van der Waals surface area (Å²) >= 11 is 0. The lowest BCUT2D eigenvalue weighted by Gasteiger charge is -2.12. The first kappa shape index (κ1) is 14.7. The van der Waals surface area contributed by atoms with Crippen molar-refractivity contribution in [3.05, 3.63) is 41.7 Å². The largest absolute Gasteiger partial charge is 0.315 e. The first-order valence-electron chi connectivity index (χ1n) is 6.61. The molecule has 0 radical (unpaired) electrons. The Morgan fingerprint density at radius 2 is 2.00 bits per heavy atom. The Hall–Kier alpha value is -2.25. The van der Waals surface area contributed by atoms with Crippen molar-refractivity contribution in [3.63, 3.8) is 0 Å². The van der Waals surface area contributed by atoms with E-state index in [1.807, 2.05) is 18.2 Å². The van der Waals surface area contributed by atoms with Crippen molar-refractivity contribution in [3.8, 4) is 11.1 Å². The molecule has 1 amide bonds. The molecule has 2 heterocycles. The number of hydrogen-bond donors (Lipinski definition) is 1. The zero-order chi connectivity index (χ0) is 16.1. The smallest absolute Gasteiger partial charge is 0.296 e. The van der Waals surface area contributed by atoms with Crippen molar-refractivity contribution in [2.24, 2.45) is 0 Å². The summed E-state index contributed by atoms with van der Waals surface area (Å²) in [7, 11) is -2.60. The van der Waals surface area contributed by atoms with E-state index >= 15 is 0 Å². The van der Waals surface area contributed by atoms with Crippen molar-refractivity contribution in [2.45, 2.75) is 18.2 Å². The topological polar surface area (TPSA) is 87.6 Å². The van der Waals surface area contributed by atoms with Crippen LogP contribution in [-0.4, -0.2) is 30.9 Å². The molecule has 0 spiro atoms. The number of pyridine rings is 1. The Labute approximate surface area is 128 Å². The normalized spacial score (nSPS) is 14.3. The molecule has 1 aliphatic rings. The second-order valence-electron chi connectivity index (χ2n) is 5.26. The fraction of sp³-hybridized carbons (Fsp3) is 0.200. The van der Waals surface area contributed by atoms with Gasteiger partial charge in [-0.3, -0.25) is 14.3 Å². The lowest BCUT2D eigenvalue weighted by molar-refractivity contribution is -0.117. The standard InChI is InChI=1S/C15H14N2O4S/c1-9-12(7-16-8-14(9)22(19,20)21)10-3-4-13-11(5-10)6-15(18)17(13)2/h3-5,7-8H,6H2,1-2H3,(H,19,20,21). The van der Waals surface area contributed by atoms with Crippen LogP contribution in [0, 0.1) is 6.92 Å². The van der Waals surface area contributed by atoms with Crippen LogP contribution in [0.3, 0.4) is 0 Å². The van der Waals surface area contributed by atoms with Gasteiger partial charge in [-0.15, -0.1) is 0 Å². The Bertz CT molecular complexity index is 890. The Morgan fingerprint density at radius 3 is 2.68 bits per heavy atom. The molecule has 0 atom stereocenters. The van der Waals surface area contributed by atoms with Crippen LogP contribution in [0.25, 0.3) is 11.1 Å². The predicted molar refractivity (Wildman–Crippen MR) is 81.3 cm³/mol. The average molecular weight is 318 g/mol. The van der Waals surface area contributed by atoms with Crippen molar-refractivity contribution >= 4 is 21.7 Å². The van der Waals surface area contributed by atoms with Crippen LogP contribution in [0.4, 0.5) is 5.69 Å². The number of carbonyl (C=O) groups excluding carboxylic acids is 1. The number of fused-ring (bicyclic) bond motifs is 1. The molecule has 0 bridgehead atoms. The Kier molecular flexibility index (Phi) is 3.26. The van der Waals surface area contributed by atoms with Gasteiger partial charge in [-0.05, 0) is 35.7 Å². The van der Waals surface area contributed by atoms with E-state index in [1.165, 1.54) is 0 Å². The van der Waals surface area contributed by atoms with Gasteiger partial charge in [0.1, 0.15) is 4.90 Å². The van der Waals surface area contributed by atoms with E-state index in [2.05, 4.69) is 4.98 Å². The Balaban J connectivity index is 2.15. The highest BCUT2D eigenvalue weighted by atomic mass is 32.2. The van der Waals surface area contributed by atoms with E-state index in [1.54, 1.807) is 25.1 Å². The minimum absolute atomic E-state index is 0.0219. The van der Waals surface area contributed by atoms with Crippen LogP contribution in [-0.2, 0) is 21.3 Å². The van der Waals surface area contributed by atoms with Gasteiger partial charge in [-0.1, -0.05) is 6.07 Å². The molecule has 0 saturated heterocycles. The third-order valence-electron chi connectivity index (χ3n) is 3.91. The predicted octanol–water partition coefficient (Wildman–Crippen LogP) is 1.82. The lowest BCUT2D eigenvalue weighted by atomic mass is 10.00. The SMILES string of the molecule is Cc1c(-c2ccc3c(c2)CC(=O)N3C)cncc1S(=O)(=O)O. The molecule has 1 aromatic carbocycles. The van der Waals surface area contributed by atoms with E-state index in [-0.39, 0.29) is 10.8 Å². The van der Waals surface area contributed by atoms with Gasteiger partial charge in [0.25, 0.3) is 10.1 Å². The highest BCUT2D eigenvalue weighted by Crippen LogP contribution is 2.34. The van der Waals surface area contributed by atoms with Gasteiger partial charge >= 0.3 is 0 Å². The molecule has 1 aromatic heterocycles. The number of nitrogens with zero attached hydrogens (tertiary/aromatic N) is 2. The molecule has 2 aromatic rings. The molecule has 0 fully saturated rings. The van der Waals surface area contributed by atoms with E-state index < -0.39 is 10.1 Å². The summed E-state index contributed by atoms with van der Waals surface area (Å²) in [5, 5.41) is 0. The zero-order valence-corrected chi connectivity index (χ0v) is 12.9. The molecule has 1 aliphatic heterocycles. The number of likely N-dealkylation sites (N-methyl/N-ethyl adjacent to an activating group) is 1. The fourth-order valence-corrected chi connectivity index (χ4v) is 3.39. The maximum atomic E-state index is 11.7. The van der Waals surface area contributed by atoms with Gasteiger partial charge in [0.15, 0.2) is 0 Å². The molecule has 0 aliphatic carbocycles. The molecule has 0 saturated carbocycles. The van der Waals surface area contributed by atoms with Crippen LogP contribution < -0.4 is 4.90 Å². The molecule has 6 nitrogen and oxygen atoms in total. The number of aromatic nitrogens is 1. The molecular formula is C15H14N2O4S. The van der Waals surface area contributed by atoms with Gasteiger partial charge in [-0.25, -0.2) is 0 Å². The van der Waals surface area contributed by atoms with Crippen LogP contribution in [0.15, 0.2) is 35.5 Å². The average Bonchev–Trinajstić information content (AvgIpc) is 2.72. The van der Waals surface area contributed by atoms with Crippen LogP contribution in [0.1, 0.15) is 11.1 Å². The molecule has 22 heavy (non-hydrogen) atoms. The summed E-state index contributed by atoms with van der Waals surface area (Å²) < 4.78 is 32.0. The van der Waals surface area contributed by atoms with Gasteiger partial charge in [0.2, 0.25) is 5.91 Å². The summed E-state index contributed by atoms with van der Waals surface area (Å²) in [5.41, 5.74) is 3.54. The van der Waals surface area contributed by atoms with Crippen molar-refractivity contribution in [1.29, 1.82) is 0 Å². The van der Waals surface area contributed by atoms with Crippen molar-refractivity contribution in [2.75, 3.05) is 11.9 Å². The van der Waals surface area contributed by atoms with E-state index in [4.69, 9.17) is 0 Å². The number of carbonyl (C=O) groups is 1. The number of hydrogen-bond acceptors (Lipinski definition) is 4. The maximum absolute atomic E-state index is 11.7. The highest BCUT2D eigenvalue weighted by Gasteiger charge is 2.24. The van der Waals surface area contributed by atoms with E-state index in [9.17, 15) is 17.8 Å². The molecule has 1 N–H and O–H groups in total. The van der Waals surface area contributed by atoms with Gasteiger partial charge in [0, 0.05) is 30.7 Å². The van der Waals surface area contributed by atoms with Crippen LogP contribution in [0.2, 0.25) is 0 Å². The monoisotopic (exact) mass is 318 g/mol. The minimum atomic E-state index is -4.32. The van der Waals surface area contributed by atoms with Gasteiger partial charge in [-0.2, -0.15) is 8.42 Å². The van der Waals surface area contributed by atoms with E-state index in [0.717, 1.165) is 23.0 Å².